The molecule has 0 bridgehead atoms. The van der Waals surface area contributed by atoms with Gasteiger partial charge in [0, 0.05) is 21.8 Å². The van der Waals surface area contributed by atoms with Crippen LogP contribution in [0.5, 0.6) is 0 Å². The van der Waals surface area contributed by atoms with Crippen LogP contribution in [0.3, 0.4) is 0 Å². The van der Waals surface area contributed by atoms with E-state index in [0.29, 0.717) is 27.4 Å². The highest BCUT2D eigenvalue weighted by Gasteiger charge is 2.11. The molecule has 5 nitrogen and oxygen atoms in total. The van der Waals surface area contributed by atoms with Gasteiger partial charge < -0.3 is 10.5 Å². The van der Waals surface area contributed by atoms with Gasteiger partial charge in [-0.3, -0.25) is 10.1 Å². The minimum Gasteiger partial charge on any atom is -0.444 e. The van der Waals surface area contributed by atoms with E-state index in [1.165, 1.54) is 0 Å². The van der Waals surface area contributed by atoms with Crippen molar-refractivity contribution in [3.63, 3.8) is 0 Å². The molecule has 0 aliphatic carbocycles. The molecule has 0 saturated carbocycles. The number of hydrogen-bond acceptors (Lipinski definition) is 3. The summed E-state index contributed by atoms with van der Waals surface area (Å²) >= 11 is 5.99. The third-order valence-corrected chi connectivity index (χ3v) is 3.52. The summed E-state index contributed by atoms with van der Waals surface area (Å²) in [7, 11) is 0. The lowest BCUT2D eigenvalue weighted by Crippen LogP contribution is -2.17. The number of nitrogens with one attached hydrogen (secondary N) is 1. The fraction of sp³-hybridized carbons (Fsp3) is 0.125. The zero-order valence-electron chi connectivity index (χ0n) is 11.9. The van der Waals surface area contributed by atoms with Crippen LogP contribution in [0.4, 0.5) is 10.5 Å². The van der Waals surface area contributed by atoms with Crippen LogP contribution in [0.25, 0.3) is 0 Å². The van der Waals surface area contributed by atoms with Gasteiger partial charge in [0.05, 0.1) is 0 Å². The third-order valence-electron chi connectivity index (χ3n) is 3.15. The summed E-state index contributed by atoms with van der Waals surface area (Å²) in [5, 5.41) is 3.11. The van der Waals surface area contributed by atoms with E-state index in [4.69, 9.17) is 22.1 Å². The number of anilines is 1. The van der Waals surface area contributed by atoms with Crippen LogP contribution < -0.4 is 11.1 Å². The molecule has 3 N–H and O–H groups in total. The zero-order chi connectivity index (χ0) is 16.1. The summed E-state index contributed by atoms with van der Waals surface area (Å²) in [5.74, 6) is -0.550. The first-order valence-electron chi connectivity index (χ1n) is 6.55. The molecule has 2 aromatic rings. The molecule has 0 radical (unpaired) electrons. The molecule has 0 heterocycles. The number of rotatable bonds is 4. The molecule has 0 aliphatic heterocycles. The number of benzene rings is 2. The number of carbonyl (C=O) groups excluding carboxylic acids is 2. The largest absolute Gasteiger partial charge is 0.444 e. The van der Waals surface area contributed by atoms with Gasteiger partial charge in [0.1, 0.15) is 6.61 Å². The van der Waals surface area contributed by atoms with Gasteiger partial charge in [0.25, 0.3) is 0 Å². The predicted molar refractivity (Wildman–Crippen MR) is 85.0 cm³/mol. The lowest BCUT2D eigenvalue weighted by atomic mass is 10.1. The third kappa shape index (κ3) is 3.77. The Bertz CT molecular complexity index is 716. The quantitative estimate of drug-likeness (QED) is 0.905. The molecular formula is C16H15ClN2O3. The Morgan fingerprint density at radius 2 is 1.91 bits per heavy atom. The Hall–Kier alpha value is -2.53. The number of carbonyl (C=O) groups is 2. The van der Waals surface area contributed by atoms with Crippen molar-refractivity contribution in [2.24, 2.45) is 5.73 Å². The molecule has 0 atom stereocenters. The number of nitrogens with two attached hydrogens (primary N) is 1. The molecule has 0 unspecified atom stereocenters. The van der Waals surface area contributed by atoms with E-state index in [9.17, 15) is 9.59 Å². The zero-order valence-corrected chi connectivity index (χ0v) is 12.7. The molecule has 2 aromatic carbocycles. The van der Waals surface area contributed by atoms with Crippen molar-refractivity contribution in [3.8, 4) is 0 Å². The van der Waals surface area contributed by atoms with Crippen molar-refractivity contribution >= 4 is 29.3 Å². The van der Waals surface area contributed by atoms with Gasteiger partial charge in [0.15, 0.2) is 0 Å². The summed E-state index contributed by atoms with van der Waals surface area (Å²) in [6.07, 6.45) is -0.635. The van der Waals surface area contributed by atoms with Crippen LogP contribution in [-0.4, -0.2) is 12.0 Å². The fourth-order valence-electron chi connectivity index (χ4n) is 1.94. The molecule has 0 spiro atoms. The summed E-state index contributed by atoms with van der Waals surface area (Å²) in [6.45, 7) is 1.75. The van der Waals surface area contributed by atoms with Gasteiger partial charge in [-0.25, -0.2) is 4.79 Å². The second kappa shape index (κ2) is 6.95. The van der Waals surface area contributed by atoms with Crippen molar-refractivity contribution in [1.29, 1.82) is 0 Å². The van der Waals surface area contributed by atoms with Crippen molar-refractivity contribution in [2.45, 2.75) is 13.5 Å². The van der Waals surface area contributed by atoms with E-state index in [-0.39, 0.29) is 6.61 Å². The minimum atomic E-state index is -0.635. The topological polar surface area (TPSA) is 81.4 Å². The standard InChI is InChI=1S/C16H15ClN2O3/c1-10-12(15(18)20)6-4-8-14(10)19-16(21)22-9-11-5-2-3-7-13(11)17/h2-8H,9H2,1H3,(H2,18,20)(H,19,21). The highest BCUT2D eigenvalue weighted by Crippen LogP contribution is 2.20. The first kappa shape index (κ1) is 15.9. The van der Waals surface area contributed by atoms with Crippen molar-refractivity contribution in [3.05, 3.63) is 64.2 Å². The Morgan fingerprint density at radius 3 is 2.59 bits per heavy atom. The molecule has 6 heteroatoms. The molecule has 114 valence electrons. The first-order valence-corrected chi connectivity index (χ1v) is 6.93. The second-order valence-electron chi connectivity index (χ2n) is 4.63. The normalized spacial score (nSPS) is 10.1. The average Bonchev–Trinajstić information content (AvgIpc) is 2.48. The second-order valence-corrected chi connectivity index (χ2v) is 5.04. The number of amides is 2. The molecule has 2 rings (SSSR count). The summed E-state index contributed by atoms with van der Waals surface area (Å²) < 4.78 is 5.12. The average molecular weight is 319 g/mol. The van der Waals surface area contributed by atoms with E-state index < -0.39 is 12.0 Å². The lowest BCUT2D eigenvalue weighted by molar-refractivity contribution is 0.0999. The van der Waals surface area contributed by atoms with Gasteiger partial charge >= 0.3 is 6.09 Å². The Kier molecular flexibility index (Phi) is 5.01. The fourth-order valence-corrected chi connectivity index (χ4v) is 2.13. The smallest absolute Gasteiger partial charge is 0.411 e. The van der Waals surface area contributed by atoms with Gasteiger partial charge in [0.2, 0.25) is 5.91 Å². The van der Waals surface area contributed by atoms with Crippen LogP contribution in [0, 0.1) is 6.92 Å². The van der Waals surface area contributed by atoms with Gasteiger partial charge in [-0.2, -0.15) is 0 Å². The monoisotopic (exact) mass is 318 g/mol. The Labute approximate surface area is 133 Å². The molecule has 0 saturated heterocycles. The molecule has 2 amide bonds. The van der Waals surface area contributed by atoms with Gasteiger partial charge in [-0.05, 0) is 30.7 Å². The highest BCUT2D eigenvalue weighted by atomic mass is 35.5. The van der Waals surface area contributed by atoms with Crippen LogP contribution in [0.1, 0.15) is 21.5 Å². The summed E-state index contributed by atoms with van der Waals surface area (Å²) in [5.41, 5.74) is 7.39. The molecule has 0 aromatic heterocycles. The number of primary amides is 1. The molecule has 22 heavy (non-hydrogen) atoms. The number of ether oxygens (including phenoxy) is 1. The summed E-state index contributed by atoms with van der Waals surface area (Å²) in [4.78, 5) is 23.1. The maximum atomic E-state index is 11.8. The van der Waals surface area contributed by atoms with E-state index in [1.807, 2.05) is 6.07 Å². The number of hydrogen-bond donors (Lipinski definition) is 2. The van der Waals surface area contributed by atoms with Crippen molar-refractivity contribution in [2.75, 3.05) is 5.32 Å². The maximum absolute atomic E-state index is 11.8. The predicted octanol–water partition coefficient (Wildman–Crippen LogP) is 3.50. The van der Waals surface area contributed by atoms with E-state index in [0.717, 1.165) is 0 Å². The van der Waals surface area contributed by atoms with E-state index in [2.05, 4.69) is 5.32 Å². The van der Waals surface area contributed by atoms with E-state index in [1.54, 1.807) is 43.3 Å². The molecule has 0 fully saturated rings. The molecule has 0 aliphatic rings. The van der Waals surface area contributed by atoms with Gasteiger partial charge in [-0.15, -0.1) is 0 Å². The summed E-state index contributed by atoms with van der Waals surface area (Å²) in [6, 6.07) is 12.0. The minimum absolute atomic E-state index is 0.0556. The number of halogens is 1. The maximum Gasteiger partial charge on any atom is 0.411 e. The highest BCUT2D eigenvalue weighted by molar-refractivity contribution is 6.31. The lowest BCUT2D eigenvalue weighted by Gasteiger charge is -2.11. The molecular weight excluding hydrogens is 304 g/mol. The van der Waals surface area contributed by atoms with Crippen LogP contribution in [0.15, 0.2) is 42.5 Å². The van der Waals surface area contributed by atoms with Crippen LogP contribution >= 0.6 is 11.6 Å². The first-order chi connectivity index (χ1) is 10.5. The van der Waals surface area contributed by atoms with Gasteiger partial charge in [-0.1, -0.05) is 35.9 Å². The van der Waals surface area contributed by atoms with Crippen molar-refractivity contribution < 1.29 is 14.3 Å². The van der Waals surface area contributed by atoms with E-state index >= 15 is 0 Å². The Balaban J connectivity index is 2.02. The van der Waals surface area contributed by atoms with Crippen molar-refractivity contribution in [1.82, 2.24) is 0 Å². The van der Waals surface area contributed by atoms with Crippen LogP contribution in [0.2, 0.25) is 5.02 Å². The SMILES string of the molecule is Cc1c(NC(=O)OCc2ccccc2Cl)cccc1C(N)=O. The Morgan fingerprint density at radius 1 is 1.18 bits per heavy atom. The van der Waals surface area contributed by atoms with Crippen LogP contribution in [-0.2, 0) is 11.3 Å².